The fourth-order valence-corrected chi connectivity index (χ4v) is 1.77. The third-order valence-corrected chi connectivity index (χ3v) is 2.70. The molecule has 0 aromatic carbocycles. The van der Waals surface area contributed by atoms with Crippen LogP contribution in [-0.2, 0) is 13.6 Å². The molecule has 4 nitrogen and oxygen atoms in total. The van der Waals surface area contributed by atoms with Gasteiger partial charge in [0.05, 0.1) is 5.69 Å². The maximum absolute atomic E-state index is 4.47. The lowest BCUT2D eigenvalue weighted by molar-refractivity contribution is 0.713. The number of rotatable bonds is 5. The van der Waals surface area contributed by atoms with Gasteiger partial charge in [-0.05, 0) is 20.4 Å². The third-order valence-electron chi connectivity index (χ3n) is 2.70. The zero-order chi connectivity index (χ0) is 11.4. The summed E-state index contributed by atoms with van der Waals surface area (Å²) in [5, 5.41) is 7.83. The second-order valence-corrected chi connectivity index (χ2v) is 3.81. The first-order valence-electron chi connectivity index (χ1n) is 5.56. The van der Waals surface area contributed by atoms with Crippen LogP contribution in [0.25, 0.3) is 0 Å². The minimum absolute atomic E-state index is 0.899. The normalized spacial score (nSPS) is 10.7. The van der Waals surface area contributed by atoms with Gasteiger partial charge in [0.25, 0.3) is 0 Å². The van der Waals surface area contributed by atoms with E-state index < -0.39 is 0 Å². The first-order valence-corrected chi connectivity index (χ1v) is 5.56. The van der Waals surface area contributed by atoms with E-state index in [4.69, 9.17) is 0 Å². The van der Waals surface area contributed by atoms with Crippen LogP contribution in [0.5, 0.6) is 0 Å². The highest BCUT2D eigenvalue weighted by Crippen LogP contribution is 2.21. The molecule has 1 rings (SSSR count). The average molecular weight is 210 g/mol. The highest BCUT2D eigenvalue weighted by Gasteiger charge is 2.14. The Morgan fingerprint density at radius 1 is 1.40 bits per heavy atom. The molecule has 0 fully saturated rings. The van der Waals surface area contributed by atoms with Gasteiger partial charge >= 0.3 is 0 Å². The topological polar surface area (TPSA) is 33.1 Å². The molecule has 0 radical (unpaired) electrons. The van der Waals surface area contributed by atoms with Gasteiger partial charge in [0.2, 0.25) is 0 Å². The minimum atomic E-state index is 0.899. The standard InChI is InChI=1S/C11H22N4/c1-6-12-8-10-9(3)13-15(5)11(10)14(4)7-2/h12H,6-8H2,1-5H3. The first kappa shape index (κ1) is 12.0. The minimum Gasteiger partial charge on any atom is -0.360 e. The molecule has 86 valence electrons. The third kappa shape index (κ3) is 2.50. The van der Waals surface area contributed by atoms with Crippen molar-refractivity contribution in [3.05, 3.63) is 11.3 Å². The summed E-state index contributed by atoms with van der Waals surface area (Å²) < 4.78 is 1.96. The maximum Gasteiger partial charge on any atom is 0.131 e. The molecule has 0 saturated heterocycles. The van der Waals surface area contributed by atoms with Crippen molar-refractivity contribution in [2.45, 2.75) is 27.3 Å². The Labute approximate surface area is 92.3 Å². The van der Waals surface area contributed by atoms with E-state index in [-0.39, 0.29) is 0 Å². The van der Waals surface area contributed by atoms with Gasteiger partial charge in [-0.25, -0.2) is 0 Å². The maximum atomic E-state index is 4.47. The van der Waals surface area contributed by atoms with Crippen LogP contribution in [0.1, 0.15) is 25.1 Å². The molecular formula is C11H22N4. The number of aryl methyl sites for hydroxylation is 2. The van der Waals surface area contributed by atoms with E-state index in [1.807, 2.05) is 11.7 Å². The van der Waals surface area contributed by atoms with E-state index >= 15 is 0 Å². The summed E-state index contributed by atoms with van der Waals surface area (Å²) in [5.74, 6) is 1.22. The SMILES string of the molecule is CCNCc1c(C)nn(C)c1N(C)CC. The second-order valence-electron chi connectivity index (χ2n) is 3.81. The van der Waals surface area contributed by atoms with Crippen molar-refractivity contribution in [1.82, 2.24) is 15.1 Å². The molecule has 0 amide bonds. The molecule has 0 bridgehead atoms. The number of nitrogens with one attached hydrogen (secondary N) is 1. The van der Waals surface area contributed by atoms with Crippen LogP contribution >= 0.6 is 0 Å². The average Bonchev–Trinajstić information content (AvgIpc) is 2.49. The molecule has 15 heavy (non-hydrogen) atoms. The molecule has 1 aromatic heterocycles. The van der Waals surface area contributed by atoms with Gasteiger partial charge in [-0.3, -0.25) is 4.68 Å². The molecule has 0 aliphatic carbocycles. The first-order chi connectivity index (χ1) is 7.11. The summed E-state index contributed by atoms with van der Waals surface area (Å²) in [6, 6.07) is 0. The lowest BCUT2D eigenvalue weighted by Gasteiger charge is -2.19. The number of hydrogen-bond donors (Lipinski definition) is 1. The van der Waals surface area contributed by atoms with Crippen molar-refractivity contribution < 1.29 is 0 Å². The highest BCUT2D eigenvalue weighted by atomic mass is 15.4. The van der Waals surface area contributed by atoms with Gasteiger partial charge in [-0.15, -0.1) is 0 Å². The van der Waals surface area contributed by atoms with Gasteiger partial charge in [-0.1, -0.05) is 6.92 Å². The molecule has 4 heteroatoms. The second kappa shape index (κ2) is 5.16. The Morgan fingerprint density at radius 3 is 2.60 bits per heavy atom. The van der Waals surface area contributed by atoms with Crippen LogP contribution in [0.4, 0.5) is 5.82 Å². The van der Waals surface area contributed by atoms with E-state index in [9.17, 15) is 0 Å². The van der Waals surface area contributed by atoms with E-state index in [1.165, 1.54) is 11.4 Å². The van der Waals surface area contributed by atoms with Gasteiger partial charge in [0.1, 0.15) is 5.82 Å². The molecule has 0 atom stereocenters. The monoisotopic (exact) mass is 210 g/mol. The molecule has 1 aromatic rings. The zero-order valence-electron chi connectivity index (χ0n) is 10.5. The Morgan fingerprint density at radius 2 is 2.07 bits per heavy atom. The fraction of sp³-hybridized carbons (Fsp3) is 0.727. The number of nitrogens with zero attached hydrogens (tertiary/aromatic N) is 3. The van der Waals surface area contributed by atoms with Gasteiger partial charge < -0.3 is 10.2 Å². The lowest BCUT2D eigenvalue weighted by Crippen LogP contribution is -2.22. The molecule has 0 unspecified atom stereocenters. The molecule has 1 heterocycles. The van der Waals surface area contributed by atoms with Crippen molar-refractivity contribution in [2.24, 2.45) is 7.05 Å². The van der Waals surface area contributed by atoms with Crippen molar-refractivity contribution >= 4 is 5.82 Å². The van der Waals surface area contributed by atoms with Crippen LogP contribution < -0.4 is 10.2 Å². The molecule has 0 saturated carbocycles. The Hall–Kier alpha value is -1.03. The summed E-state index contributed by atoms with van der Waals surface area (Å²) in [7, 11) is 4.11. The molecule has 0 aliphatic rings. The van der Waals surface area contributed by atoms with Crippen LogP contribution in [0, 0.1) is 6.92 Å². The summed E-state index contributed by atoms with van der Waals surface area (Å²) >= 11 is 0. The van der Waals surface area contributed by atoms with E-state index in [1.54, 1.807) is 0 Å². The molecular weight excluding hydrogens is 188 g/mol. The number of anilines is 1. The fourth-order valence-electron chi connectivity index (χ4n) is 1.77. The summed E-state index contributed by atoms with van der Waals surface area (Å²) in [6.45, 7) is 9.23. The molecule has 0 aliphatic heterocycles. The van der Waals surface area contributed by atoms with Crippen molar-refractivity contribution in [3.8, 4) is 0 Å². The van der Waals surface area contributed by atoms with Gasteiger partial charge in [0.15, 0.2) is 0 Å². The Balaban J connectivity index is 3.00. The van der Waals surface area contributed by atoms with Crippen molar-refractivity contribution in [2.75, 3.05) is 25.0 Å². The van der Waals surface area contributed by atoms with Gasteiger partial charge in [-0.2, -0.15) is 5.10 Å². The molecule has 0 spiro atoms. The zero-order valence-corrected chi connectivity index (χ0v) is 10.5. The highest BCUT2D eigenvalue weighted by molar-refractivity contribution is 5.49. The molecule has 1 N–H and O–H groups in total. The van der Waals surface area contributed by atoms with E-state index in [2.05, 4.69) is 43.1 Å². The predicted octanol–water partition coefficient (Wildman–Crippen LogP) is 1.29. The largest absolute Gasteiger partial charge is 0.360 e. The Kier molecular flexibility index (Phi) is 4.15. The van der Waals surface area contributed by atoms with Crippen molar-refractivity contribution in [1.29, 1.82) is 0 Å². The van der Waals surface area contributed by atoms with Gasteiger partial charge in [0, 0.05) is 32.7 Å². The number of aromatic nitrogens is 2. The van der Waals surface area contributed by atoms with E-state index in [0.717, 1.165) is 25.3 Å². The van der Waals surface area contributed by atoms with Crippen LogP contribution in [0.15, 0.2) is 0 Å². The van der Waals surface area contributed by atoms with Crippen molar-refractivity contribution in [3.63, 3.8) is 0 Å². The Bertz CT molecular complexity index is 317. The summed E-state index contributed by atoms with van der Waals surface area (Å²) in [5.41, 5.74) is 2.43. The quantitative estimate of drug-likeness (QED) is 0.795. The lowest BCUT2D eigenvalue weighted by atomic mass is 10.2. The van der Waals surface area contributed by atoms with Crippen LogP contribution in [0.3, 0.4) is 0 Å². The smallest absolute Gasteiger partial charge is 0.131 e. The van der Waals surface area contributed by atoms with E-state index in [0.29, 0.717) is 0 Å². The van der Waals surface area contributed by atoms with Crippen LogP contribution in [0.2, 0.25) is 0 Å². The predicted molar refractivity (Wildman–Crippen MR) is 64.3 cm³/mol. The summed E-state index contributed by atoms with van der Waals surface area (Å²) in [4.78, 5) is 2.23. The summed E-state index contributed by atoms with van der Waals surface area (Å²) in [6.07, 6.45) is 0. The van der Waals surface area contributed by atoms with Crippen LogP contribution in [-0.4, -0.2) is 29.9 Å². The number of hydrogen-bond acceptors (Lipinski definition) is 3.